The van der Waals surface area contributed by atoms with Crippen LogP contribution < -0.4 is 5.32 Å². The SMILES string of the molecule is CC1(C)CC1CNCc1ccc(C(=O)O)cc1. The Bertz CT molecular complexity index is 409. The van der Waals surface area contributed by atoms with Crippen molar-refractivity contribution in [3.63, 3.8) is 0 Å². The highest BCUT2D eigenvalue weighted by atomic mass is 16.4. The molecule has 1 unspecified atom stereocenters. The number of nitrogens with one attached hydrogen (secondary N) is 1. The Kier molecular flexibility index (Phi) is 3.20. The van der Waals surface area contributed by atoms with Crippen molar-refractivity contribution in [2.75, 3.05) is 6.54 Å². The van der Waals surface area contributed by atoms with Gasteiger partial charge in [-0.1, -0.05) is 26.0 Å². The van der Waals surface area contributed by atoms with Crippen molar-refractivity contribution in [2.24, 2.45) is 11.3 Å². The molecule has 1 aromatic carbocycles. The van der Waals surface area contributed by atoms with Gasteiger partial charge in [-0.05, 0) is 42.0 Å². The highest BCUT2D eigenvalue weighted by Crippen LogP contribution is 2.50. The molecule has 3 heteroatoms. The summed E-state index contributed by atoms with van der Waals surface area (Å²) in [5.41, 5.74) is 1.99. The highest BCUT2D eigenvalue weighted by molar-refractivity contribution is 5.87. The third-order valence-electron chi connectivity index (χ3n) is 3.64. The lowest BCUT2D eigenvalue weighted by Crippen LogP contribution is -2.18. The number of carbonyl (C=O) groups is 1. The van der Waals surface area contributed by atoms with Crippen LogP contribution in [0.2, 0.25) is 0 Å². The molecule has 17 heavy (non-hydrogen) atoms. The molecule has 0 bridgehead atoms. The molecular weight excluding hydrogens is 214 g/mol. The van der Waals surface area contributed by atoms with Crippen LogP contribution in [0.4, 0.5) is 0 Å². The molecular formula is C14H19NO2. The quantitative estimate of drug-likeness (QED) is 0.821. The van der Waals surface area contributed by atoms with Crippen molar-refractivity contribution in [1.29, 1.82) is 0 Å². The average molecular weight is 233 g/mol. The molecule has 0 aliphatic heterocycles. The number of hydrogen-bond acceptors (Lipinski definition) is 2. The normalized spacial score (nSPS) is 21.2. The predicted molar refractivity (Wildman–Crippen MR) is 67.0 cm³/mol. The standard InChI is InChI=1S/C14H19NO2/c1-14(2)7-12(14)9-15-8-10-3-5-11(6-4-10)13(16)17/h3-6,12,15H,7-9H2,1-2H3,(H,16,17). The van der Waals surface area contributed by atoms with Gasteiger partial charge in [-0.15, -0.1) is 0 Å². The minimum atomic E-state index is -0.871. The number of aromatic carboxylic acids is 1. The lowest BCUT2D eigenvalue weighted by molar-refractivity contribution is 0.0697. The summed E-state index contributed by atoms with van der Waals surface area (Å²) in [5, 5.41) is 12.2. The van der Waals surface area contributed by atoms with Crippen molar-refractivity contribution in [3.05, 3.63) is 35.4 Å². The van der Waals surface area contributed by atoms with E-state index in [1.807, 2.05) is 12.1 Å². The van der Waals surface area contributed by atoms with Gasteiger partial charge < -0.3 is 10.4 Å². The van der Waals surface area contributed by atoms with Gasteiger partial charge in [-0.2, -0.15) is 0 Å². The van der Waals surface area contributed by atoms with Gasteiger partial charge in [0.25, 0.3) is 0 Å². The second kappa shape index (κ2) is 4.49. The molecule has 1 fully saturated rings. The highest BCUT2D eigenvalue weighted by Gasteiger charge is 2.44. The third-order valence-corrected chi connectivity index (χ3v) is 3.64. The van der Waals surface area contributed by atoms with E-state index in [2.05, 4.69) is 19.2 Å². The van der Waals surface area contributed by atoms with Crippen LogP contribution in [0, 0.1) is 11.3 Å². The minimum absolute atomic E-state index is 0.345. The van der Waals surface area contributed by atoms with Crippen LogP contribution in [0.3, 0.4) is 0 Å². The van der Waals surface area contributed by atoms with E-state index in [4.69, 9.17) is 5.11 Å². The second-order valence-corrected chi connectivity index (χ2v) is 5.52. The van der Waals surface area contributed by atoms with Gasteiger partial charge in [0, 0.05) is 6.54 Å². The van der Waals surface area contributed by atoms with E-state index in [0.717, 1.165) is 24.6 Å². The predicted octanol–water partition coefficient (Wildman–Crippen LogP) is 2.52. The van der Waals surface area contributed by atoms with E-state index < -0.39 is 5.97 Å². The maximum Gasteiger partial charge on any atom is 0.335 e. The van der Waals surface area contributed by atoms with Crippen molar-refractivity contribution in [1.82, 2.24) is 5.32 Å². The summed E-state index contributed by atoms with van der Waals surface area (Å²) in [5.74, 6) is -0.0787. The number of benzene rings is 1. The fraction of sp³-hybridized carbons (Fsp3) is 0.500. The summed E-state index contributed by atoms with van der Waals surface area (Å²) in [6, 6.07) is 7.05. The van der Waals surface area contributed by atoms with E-state index in [1.165, 1.54) is 6.42 Å². The Hall–Kier alpha value is -1.35. The molecule has 1 aliphatic carbocycles. The molecule has 2 N–H and O–H groups in total. The summed E-state index contributed by atoms with van der Waals surface area (Å²) in [4.78, 5) is 10.7. The van der Waals surface area contributed by atoms with Crippen LogP contribution in [0.25, 0.3) is 0 Å². The van der Waals surface area contributed by atoms with E-state index in [9.17, 15) is 4.79 Å². The van der Waals surface area contributed by atoms with Gasteiger partial charge in [0.05, 0.1) is 5.56 Å². The second-order valence-electron chi connectivity index (χ2n) is 5.52. The molecule has 0 saturated heterocycles. The molecule has 1 aromatic rings. The summed E-state index contributed by atoms with van der Waals surface area (Å²) >= 11 is 0. The van der Waals surface area contributed by atoms with Crippen molar-refractivity contribution in [3.8, 4) is 0 Å². The Labute approximate surface area is 102 Å². The first kappa shape index (κ1) is 12.1. The summed E-state index contributed by atoms with van der Waals surface area (Å²) < 4.78 is 0. The first-order chi connectivity index (χ1) is 7.99. The van der Waals surface area contributed by atoms with Crippen LogP contribution in [0.15, 0.2) is 24.3 Å². The van der Waals surface area contributed by atoms with Crippen LogP contribution in [0.1, 0.15) is 36.2 Å². The molecule has 1 saturated carbocycles. The summed E-state index contributed by atoms with van der Waals surface area (Å²) in [6.07, 6.45) is 1.30. The van der Waals surface area contributed by atoms with Crippen LogP contribution in [-0.2, 0) is 6.54 Å². The third kappa shape index (κ3) is 3.07. The van der Waals surface area contributed by atoms with Gasteiger partial charge in [0.2, 0.25) is 0 Å². The summed E-state index contributed by atoms with van der Waals surface area (Å²) in [6.45, 7) is 6.45. The zero-order valence-electron chi connectivity index (χ0n) is 10.4. The van der Waals surface area contributed by atoms with Gasteiger partial charge in [-0.3, -0.25) is 0 Å². The van der Waals surface area contributed by atoms with Crippen molar-refractivity contribution in [2.45, 2.75) is 26.8 Å². The lowest BCUT2D eigenvalue weighted by Gasteiger charge is -2.06. The van der Waals surface area contributed by atoms with Gasteiger partial charge in [0.15, 0.2) is 0 Å². The molecule has 1 aliphatic rings. The van der Waals surface area contributed by atoms with Gasteiger partial charge in [-0.25, -0.2) is 4.79 Å². The molecule has 3 nitrogen and oxygen atoms in total. The van der Waals surface area contributed by atoms with E-state index in [0.29, 0.717) is 11.0 Å². The molecule has 0 radical (unpaired) electrons. The van der Waals surface area contributed by atoms with Crippen molar-refractivity contribution < 1.29 is 9.90 Å². The number of rotatable bonds is 5. The number of hydrogen-bond donors (Lipinski definition) is 2. The zero-order chi connectivity index (χ0) is 12.5. The summed E-state index contributed by atoms with van der Waals surface area (Å²) in [7, 11) is 0. The average Bonchev–Trinajstić information content (AvgIpc) is 2.87. The van der Waals surface area contributed by atoms with E-state index in [1.54, 1.807) is 12.1 Å². The topological polar surface area (TPSA) is 49.3 Å². The van der Waals surface area contributed by atoms with Gasteiger partial charge >= 0.3 is 5.97 Å². The molecule has 0 aromatic heterocycles. The molecule has 1 atom stereocenters. The van der Waals surface area contributed by atoms with Crippen LogP contribution in [0.5, 0.6) is 0 Å². The van der Waals surface area contributed by atoms with Crippen molar-refractivity contribution >= 4 is 5.97 Å². The Morgan fingerprint density at radius 1 is 1.41 bits per heavy atom. The van der Waals surface area contributed by atoms with E-state index in [-0.39, 0.29) is 0 Å². The maximum absolute atomic E-state index is 10.7. The molecule has 0 heterocycles. The zero-order valence-corrected chi connectivity index (χ0v) is 10.4. The molecule has 0 amide bonds. The van der Waals surface area contributed by atoms with Crippen LogP contribution >= 0.6 is 0 Å². The largest absolute Gasteiger partial charge is 0.478 e. The molecule has 92 valence electrons. The van der Waals surface area contributed by atoms with Crippen LogP contribution in [-0.4, -0.2) is 17.6 Å². The fourth-order valence-electron chi connectivity index (χ4n) is 2.08. The Balaban J connectivity index is 1.78. The Morgan fingerprint density at radius 2 is 2.00 bits per heavy atom. The first-order valence-electron chi connectivity index (χ1n) is 6.02. The Morgan fingerprint density at radius 3 is 2.47 bits per heavy atom. The van der Waals surface area contributed by atoms with E-state index >= 15 is 0 Å². The van der Waals surface area contributed by atoms with Gasteiger partial charge in [0.1, 0.15) is 0 Å². The fourth-order valence-corrected chi connectivity index (χ4v) is 2.08. The smallest absolute Gasteiger partial charge is 0.335 e. The monoisotopic (exact) mass is 233 g/mol. The lowest BCUT2D eigenvalue weighted by atomic mass is 10.1. The molecule has 2 rings (SSSR count). The molecule has 0 spiro atoms. The minimum Gasteiger partial charge on any atom is -0.478 e. The first-order valence-corrected chi connectivity index (χ1v) is 6.02. The maximum atomic E-state index is 10.7. The number of carboxylic acids is 1. The number of carboxylic acid groups (broad SMARTS) is 1.